The Morgan fingerprint density at radius 1 is 0.544 bits per heavy atom. The van der Waals surface area contributed by atoms with Crippen molar-refractivity contribution in [2.24, 2.45) is 10.8 Å². The van der Waals surface area contributed by atoms with Crippen LogP contribution in [-0.4, -0.2) is 25.6 Å². The first-order valence-corrected chi connectivity index (χ1v) is 39.4. The van der Waals surface area contributed by atoms with Gasteiger partial charge in [-0.1, -0.05) is 0 Å². The van der Waals surface area contributed by atoms with E-state index in [0.29, 0.717) is 0 Å². The molecule has 2 unspecified atom stereocenters. The zero-order chi connectivity index (χ0) is 42.0. The molecule has 0 saturated heterocycles. The molecule has 7 heteroatoms. The molecule has 1 nitrogen and oxygen atoms in total. The summed E-state index contributed by atoms with van der Waals surface area (Å²) in [6, 6.07) is 32.2. The fourth-order valence-electron chi connectivity index (χ4n) is 10.5. The Labute approximate surface area is 358 Å². The molecule has 0 spiro atoms. The van der Waals surface area contributed by atoms with Crippen molar-refractivity contribution < 1.29 is 16.2 Å². The predicted molar refractivity (Wildman–Crippen MR) is 259 cm³/mol. The quantitative estimate of drug-likeness (QED) is 0.128. The van der Waals surface area contributed by atoms with Crippen molar-refractivity contribution in [3.05, 3.63) is 129 Å². The van der Waals surface area contributed by atoms with Crippen LogP contribution in [0.1, 0.15) is 109 Å². The van der Waals surface area contributed by atoms with Crippen LogP contribution >= 0.6 is 17.0 Å². The molecule has 0 amide bonds. The second kappa shape index (κ2) is 16.0. The third-order valence-electron chi connectivity index (χ3n) is 12.8. The molecule has 4 aromatic carbocycles. The van der Waals surface area contributed by atoms with Gasteiger partial charge in [0.2, 0.25) is 0 Å². The van der Waals surface area contributed by atoms with E-state index < -0.39 is 32.6 Å². The van der Waals surface area contributed by atoms with E-state index >= 15 is 0 Å². The Morgan fingerprint density at radius 2 is 0.895 bits per heavy atom. The maximum atomic E-state index is 9.33. The van der Waals surface area contributed by atoms with Gasteiger partial charge in [-0.25, -0.2) is 0 Å². The standard InChI is InChI=1S/2C22H25.C6H19BNSi2.2ClH.Zr/c2*1-5-9-16-10-6-7-12-19(16)20-13-8-11-17-14-18(15-21(17)20)22(2,3)4;1-9(2,3)8(7)10(4,5)6;;;/h2*6-8,10-15H,5,9H2,1-4H3;7H,1-6H3;2*1H;/q;;+1;;;+1/p-2. The number of hydrogen-bond acceptors (Lipinski definition) is 1. The predicted octanol–water partition coefficient (Wildman–Crippen LogP) is 15.8. The maximum absolute atomic E-state index is 9.33. The summed E-state index contributed by atoms with van der Waals surface area (Å²) in [7, 11) is 14.8. The van der Waals surface area contributed by atoms with Crippen LogP contribution in [0.15, 0.2) is 96.1 Å². The molecule has 2 aliphatic rings. The van der Waals surface area contributed by atoms with Crippen LogP contribution in [0.25, 0.3) is 34.4 Å². The summed E-state index contributed by atoms with van der Waals surface area (Å²) >= 11 is -5.46. The fourth-order valence-corrected chi connectivity index (χ4v) is 53.1. The summed E-state index contributed by atoms with van der Waals surface area (Å²) in [6.07, 6.45) is 9.43. The van der Waals surface area contributed by atoms with Gasteiger partial charge in [0.15, 0.2) is 0 Å². The van der Waals surface area contributed by atoms with Crippen LogP contribution in [-0.2, 0) is 29.0 Å². The average molecular weight is 913 g/mol. The molecule has 0 aliphatic heterocycles. The molecular weight excluding hydrogens is 844 g/mol. The van der Waals surface area contributed by atoms with E-state index in [4.69, 9.17) is 0 Å². The van der Waals surface area contributed by atoms with Gasteiger partial charge in [0.05, 0.1) is 0 Å². The van der Waals surface area contributed by atoms with E-state index in [1.807, 2.05) is 0 Å². The number of allylic oxidation sites excluding steroid dienone is 2. The monoisotopic (exact) mass is 910 g/mol. The Morgan fingerprint density at radius 3 is 1.23 bits per heavy atom. The van der Waals surface area contributed by atoms with Crippen molar-refractivity contribution >= 4 is 50.6 Å². The number of rotatable bonds is 12. The molecule has 0 saturated carbocycles. The molecule has 0 fully saturated rings. The Balaban J connectivity index is 1.74. The minimum atomic E-state index is -5.46. The second-order valence-corrected chi connectivity index (χ2v) is 53.4. The summed E-state index contributed by atoms with van der Waals surface area (Å²) in [6.45, 7) is 34.1. The average Bonchev–Trinajstić information content (AvgIpc) is 3.73. The van der Waals surface area contributed by atoms with E-state index in [9.17, 15) is 17.0 Å². The van der Waals surface area contributed by atoms with Crippen molar-refractivity contribution in [3.8, 4) is 22.3 Å². The van der Waals surface area contributed by atoms with Crippen molar-refractivity contribution in [3.63, 3.8) is 0 Å². The van der Waals surface area contributed by atoms with Gasteiger partial charge < -0.3 is 0 Å². The molecular formula is C50H69BCl2NSi2Zr. The zero-order valence-electron chi connectivity index (χ0n) is 37.6. The van der Waals surface area contributed by atoms with Gasteiger partial charge in [0, 0.05) is 0 Å². The molecule has 0 radical (unpaired) electrons. The van der Waals surface area contributed by atoms with Gasteiger partial charge in [0.1, 0.15) is 0 Å². The first kappa shape index (κ1) is 44.8. The molecule has 0 N–H and O–H groups in total. The van der Waals surface area contributed by atoms with E-state index in [1.54, 1.807) is 0 Å². The molecule has 0 bridgehead atoms. The van der Waals surface area contributed by atoms with Gasteiger partial charge in [-0.3, -0.25) is 0 Å². The second-order valence-electron chi connectivity index (χ2n) is 21.3. The molecule has 0 heterocycles. The first-order valence-electron chi connectivity index (χ1n) is 21.6. The summed E-state index contributed by atoms with van der Waals surface area (Å²) in [5.41, 5.74) is 16.0. The number of fused-ring (bicyclic) bond motifs is 2. The van der Waals surface area contributed by atoms with Crippen LogP contribution in [0.5, 0.6) is 0 Å². The third-order valence-corrected chi connectivity index (χ3v) is 39.6. The van der Waals surface area contributed by atoms with Crippen molar-refractivity contribution in [1.29, 1.82) is 0 Å². The van der Waals surface area contributed by atoms with Crippen LogP contribution < -0.4 is 0 Å². The molecule has 57 heavy (non-hydrogen) atoms. The van der Waals surface area contributed by atoms with Crippen molar-refractivity contribution in [1.82, 2.24) is 4.14 Å². The first-order chi connectivity index (χ1) is 26.4. The molecule has 6 rings (SSSR count). The van der Waals surface area contributed by atoms with Gasteiger partial charge in [-0.05, 0) is 0 Å². The van der Waals surface area contributed by atoms with Gasteiger partial charge in [-0.2, -0.15) is 0 Å². The fraction of sp³-hybridized carbons (Fsp3) is 0.440. The van der Waals surface area contributed by atoms with E-state index in [-0.39, 0.29) is 18.1 Å². The summed E-state index contributed by atoms with van der Waals surface area (Å²) in [4.78, 5) is 0.790. The molecule has 2 aliphatic carbocycles. The minimum absolute atomic E-state index is 0.0593. The molecule has 0 aromatic heterocycles. The summed E-state index contributed by atoms with van der Waals surface area (Å²) < 4.78 is 2.83. The zero-order valence-corrected chi connectivity index (χ0v) is 43.6. The Bertz CT molecular complexity index is 2060. The van der Waals surface area contributed by atoms with Gasteiger partial charge in [-0.15, -0.1) is 0 Å². The Hall–Kier alpha value is -1.72. The topological polar surface area (TPSA) is 3.24 Å². The number of aryl methyl sites for hydroxylation is 2. The Kier molecular flexibility index (Phi) is 12.5. The van der Waals surface area contributed by atoms with E-state index in [0.717, 1.165) is 30.6 Å². The molecule has 2 atom stereocenters. The normalized spacial score (nSPS) is 18.2. The summed E-state index contributed by atoms with van der Waals surface area (Å²) in [5.74, 6) is 0. The van der Waals surface area contributed by atoms with Gasteiger partial charge >= 0.3 is 361 Å². The molecule has 303 valence electrons. The van der Waals surface area contributed by atoms with Crippen molar-refractivity contribution in [2.75, 3.05) is 0 Å². The van der Waals surface area contributed by atoms with E-state index in [1.165, 1.54) is 66.8 Å². The van der Waals surface area contributed by atoms with Crippen LogP contribution in [0.2, 0.25) is 39.3 Å². The number of hydrogen-bond donors (Lipinski definition) is 0. The number of benzene rings is 4. The SMILES string of the molecule is CCCc1ccccc1-c1cccc2c1C=C(C(C)(C)C)[CH]2[Zr]([Cl])([Cl])([BH]N([Si](C)(C)C)[Si](C)(C)C)[CH]1C(C(C)(C)C)=Cc2c(-c3ccccc3CCC)cccc21. The third kappa shape index (κ3) is 8.48. The molecule has 4 aromatic rings. The van der Waals surface area contributed by atoms with Gasteiger partial charge in [0.25, 0.3) is 0 Å². The van der Waals surface area contributed by atoms with Crippen molar-refractivity contribution in [2.45, 2.75) is 128 Å². The number of nitrogens with zero attached hydrogens (tertiary/aromatic N) is 1. The summed E-state index contributed by atoms with van der Waals surface area (Å²) in [5, 5.41) is 0. The van der Waals surface area contributed by atoms with E-state index in [2.05, 4.69) is 196 Å². The number of halogens is 2. The van der Waals surface area contributed by atoms with Crippen LogP contribution in [0.3, 0.4) is 0 Å². The van der Waals surface area contributed by atoms with Crippen LogP contribution in [0, 0.1) is 10.8 Å². The van der Waals surface area contributed by atoms with Crippen LogP contribution in [0.4, 0.5) is 0 Å².